The Kier molecular flexibility index (Phi) is 8.66. The van der Waals surface area contributed by atoms with E-state index in [1.165, 1.54) is 0 Å². The summed E-state index contributed by atoms with van der Waals surface area (Å²) in [5, 5.41) is 5.88. The molecule has 0 fully saturated rings. The van der Waals surface area contributed by atoms with E-state index in [-0.39, 0.29) is 30.3 Å². The summed E-state index contributed by atoms with van der Waals surface area (Å²) in [6.07, 6.45) is 0. The van der Waals surface area contributed by atoms with Crippen LogP contribution in [-0.4, -0.2) is 49.9 Å². The third-order valence-corrected chi connectivity index (χ3v) is 3.25. The molecule has 0 spiro atoms. The summed E-state index contributed by atoms with van der Waals surface area (Å²) < 4.78 is 0. The van der Waals surface area contributed by atoms with Crippen molar-refractivity contribution in [2.75, 3.05) is 27.2 Å². The van der Waals surface area contributed by atoms with Crippen LogP contribution >= 0.6 is 12.4 Å². The molecule has 1 unspecified atom stereocenters. The number of carbonyl (C=O) groups excluding carboxylic acids is 2. The predicted molar refractivity (Wildman–Crippen MR) is 87.2 cm³/mol. The second-order valence-electron chi connectivity index (χ2n) is 4.80. The van der Waals surface area contributed by atoms with Crippen molar-refractivity contribution in [1.29, 1.82) is 0 Å². The van der Waals surface area contributed by atoms with Gasteiger partial charge in [0.15, 0.2) is 0 Å². The van der Waals surface area contributed by atoms with Crippen molar-refractivity contribution in [1.82, 2.24) is 15.5 Å². The van der Waals surface area contributed by atoms with E-state index < -0.39 is 0 Å². The molecule has 0 saturated carbocycles. The Bertz CT molecular complexity index is 480. The molecule has 0 aliphatic carbocycles. The monoisotopic (exact) mass is 313 g/mol. The molecule has 118 valence electrons. The van der Waals surface area contributed by atoms with Crippen LogP contribution in [0.2, 0.25) is 0 Å². The Morgan fingerprint density at radius 1 is 1.29 bits per heavy atom. The lowest BCUT2D eigenvalue weighted by molar-refractivity contribution is 0.0802. The Hall–Kier alpha value is -1.59. The highest BCUT2D eigenvalue weighted by atomic mass is 35.5. The molecule has 21 heavy (non-hydrogen) atoms. The highest BCUT2D eigenvalue weighted by Crippen LogP contribution is 2.08. The van der Waals surface area contributed by atoms with E-state index in [4.69, 9.17) is 0 Å². The van der Waals surface area contributed by atoms with E-state index in [2.05, 4.69) is 10.6 Å². The van der Waals surface area contributed by atoms with Gasteiger partial charge in [-0.25, -0.2) is 0 Å². The number of hydrogen-bond donors (Lipinski definition) is 2. The lowest BCUT2D eigenvalue weighted by Crippen LogP contribution is -2.37. The van der Waals surface area contributed by atoms with Gasteiger partial charge in [-0.3, -0.25) is 9.59 Å². The largest absolute Gasteiger partial charge is 0.350 e. The minimum Gasteiger partial charge on any atom is -0.350 e. The Morgan fingerprint density at radius 3 is 2.48 bits per heavy atom. The summed E-state index contributed by atoms with van der Waals surface area (Å²) in [5.74, 6) is -0.244. The molecule has 1 atom stereocenters. The third-order valence-electron chi connectivity index (χ3n) is 3.25. The lowest BCUT2D eigenvalue weighted by atomic mass is 10.1. The zero-order valence-electron chi connectivity index (χ0n) is 13.0. The number of halogens is 1. The van der Waals surface area contributed by atoms with E-state index >= 15 is 0 Å². The van der Waals surface area contributed by atoms with Gasteiger partial charge in [-0.1, -0.05) is 6.07 Å². The minimum atomic E-state index is -0.166. The zero-order chi connectivity index (χ0) is 15.1. The number of nitrogens with one attached hydrogen (secondary N) is 2. The van der Waals surface area contributed by atoms with Gasteiger partial charge < -0.3 is 15.5 Å². The molecular weight excluding hydrogens is 290 g/mol. The van der Waals surface area contributed by atoms with Gasteiger partial charge in [0.1, 0.15) is 0 Å². The second kappa shape index (κ2) is 9.37. The van der Waals surface area contributed by atoms with Gasteiger partial charge in [-0.2, -0.15) is 0 Å². The first kappa shape index (κ1) is 19.4. The standard InChI is InChI=1S/C15H23N3O2.ClH/c1-5-18(4)15(20)13-8-6-7-12(9-13)14(19)17-10-11(2)16-3;/h6-9,11,16H,5,10H2,1-4H3,(H,17,19);1H. The Labute approximate surface area is 132 Å². The summed E-state index contributed by atoms with van der Waals surface area (Å²) in [6, 6.07) is 7.00. The van der Waals surface area contributed by atoms with Gasteiger partial charge in [-0.15, -0.1) is 12.4 Å². The molecule has 2 amide bonds. The Balaban J connectivity index is 0.00000400. The molecule has 6 heteroatoms. The van der Waals surface area contributed by atoms with E-state index in [1.807, 2.05) is 20.9 Å². The fourth-order valence-corrected chi connectivity index (χ4v) is 1.61. The van der Waals surface area contributed by atoms with Gasteiger partial charge in [-0.05, 0) is 39.1 Å². The molecule has 5 nitrogen and oxygen atoms in total. The summed E-state index contributed by atoms with van der Waals surface area (Å²) in [4.78, 5) is 25.7. The van der Waals surface area contributed by atoms with Crippen molar-refractivity contribution in [3.8, 4) is 0 Å². The molecule has 0 bridgehead atoms. The van der Waals surface area contributed by atoms with Gasteiger partial charge >= 0.3 is 0 Å². The van der Waals surface area contributed by atoms with E-state index in [0.717, 1.165) is 0 Å². The molecule has 0 aliphatic heterocycles. The van der Waals surface area contributed by atoms with Crippen LogP contribution in [0.25, 0.3) is 0 Å². The van der Waals surface area contributed by atoms with Crippen LogP contribution in [0.5, 0.6) is 0 Å². The molecule has 1 aromatic rings. The predicted octanol–water partition coefficient (Wildman–Crippen LogP) is 1.54. The average Bonchev–Trinajstić information content (AvgIpc) is 2.50. The van der Waals surface area contributed by atoms with Crippen LogP contribution in [0.4, 0.5) is 0 Å². The molecule has 1 aromatic carbocycles. The van der Waals surface area contributed by atoms with Crippen LogP contribution in [-0.2, 0) is 0 Å². The van der Waals surface area contributed by atoms with Crippen LogP contribution < -0.4 is 10.6 Å². The number of hydrogen-bond acceptors (Lipinski definition) is 3. The van der Waals surface area contributed by atoms with E-state index in [9.17, 15) is 9.59 Å². The quantitative estimate of drug-likeness (QED) is 0.837. The molecule has 2 N–H and O–H groups in total. The van der Waals surface area contributed by atoms with Crippen LogP contribution in [0.3, 0.4) is 0 Å². The van der Waals surface area contributed by atoms with Crippen molar-refractivity contribution in [2.45, 2.75) is 19.9 Å². The number of likely N-dealkylation sites (N-methyl/N-ethyl adjacent to an activating group) is 1. The maximum Gasteiger partial charge on any atom is 0.253 e. The van der Waals surface area contributed by atoms with E-state index in [0.29, 0.717) is 24.2 Å². The van der Waals surface area contributed by atoms with Gasteiger partial charge in [0, 0.05) is 37.3 Å². The highest BCUT2D eigenvalue weighted by molar-refractivity contribution is 5.99. The van der Waals surface area contributed by atoms with Gasteiger partial charge in [0.25, 0.3) is 11.8 Å². The SMILES string of the molecule is CCN(C)C(=O)c1cccc(C(=O)NCC(C)NC)c1.Cl. The lowest BCUT2D eigenvalue weighted by Gasteiger charge is -2.15. The fourth-order valence-electron chi connectivity index (χ4n) is 1.61. The minimum absolute atomic E-state index is 0. The number of rotatable bonds is 6. The van der Waals surface area contributed by atoms with Gasteiger partial charge in [0.05, 0.1) is 0 Å². The van der Waals surface area contributed by atoms with Crippen LogP contribution in [0, 0.1) is 0 Å². The molecule has 0 radical (unpaired) electrons. The maximum atomic E-state index is 12.0. The number of benzene rings is 1. The van der Waals surface area contributed by atoms with Crippen molar-refractivity contribution in [3.63, 3.8) is 0 Å². The summed E-state index contributed by atoms with van der Waals surface area (Å²) >= 11 is 0. The first-order valence-electron chi connectivity index (χ1n) is 6.80. The Morgan fingerprint density at radius 2 is 1.90 bits per heavy atom. The maximum absolute atomic E-state index is 12.0. The number of nitrogens with zero attached hydrogens (tertiary/aromatic N) is 1. The van der Waals surface area contributed by atoms with Crippen molar-refractivity contribution in [2.24, 2.45) is 0 Å². The molecule has 1 rings (SSSR count). The zero-order valence-corrected chi connectivity index (χ0v) is 13.8. The van der Waals surface area contributed by atoms with E-state index in [1.54, 1.807) is 36.2 Å². The molecule has 0 heterocycles. The summed E-state index contributed by atoms with van der Waals surface area (Å²) in [7, 11) is 3.58. The smallest absolute Gasteiger partial charge is 0.253 e. The van der Waals surface area contributed by atoms with Gasteiger partial charge in [0.2, 0.25) is 0 Å². The van der Waals surface area contributed by atoms with Crippen molar-refractivity contribution in [3.05, 3.63) is 35.4 Å². The summed E-state index contributed by atoms with van der Waals surface area (Å²) in [6.45, 7) is 5.07. The molecule has 0 saturated heterocycles. The second-order valence-corrected chi connectivity index (χ2v) is 4.80. The topological polar surface area (TPSA) is 61.4 Å². The first-order valence-corrected chi connectivity index (χ1v) is 6.80. The molecular formula is C15H24ClN3O2. The number of amides is 2. The summed E-state index contributed by atoms with van der Waals surface area (Å²) in [5.41, 5.74) is 1.03. The molecule has 0 aliphatic rings. The van der Waals surface area contributed by atoms with Crippen molar-refractivity contribution < 1.29 is 9.59 Å². The number of carbonyl (C=O) groups is 2. The van der Waals surface area contributed by atoms with Crippen LogP contribution in [0.1, 0.15) is 34.6 Å². The highest BCUT2D eigenvalue weighted by Gasteiger charge is 2.13. The third kappa shape index (κ3) is 5.73. The molecule has 0 aromatic heterocycles. The first-order chi connectivity index (χ1) is 9.49. The van der Waals surface area contributed by atoms with Crippen molar-refractivity contribution >= 4 is 24.2 Å². The fraction of sp³-hybridized carbons (Fsp3) is 0.467. The van der Waals surface area contributed by atoms with Crippen LogP contribution in [0.15, 0.2) is 24.3 Å². The average molecular weight is 314 g/mol. The normalized spacial score (nSPS) is 11.2.